The van der Waals surface area contributed by atoms with E-state index in [1.807, 2.05) is 0 Å². The summed E-state index contributed by atoms with van der Waals surface area (Å²) < 4.78 is 9.32. The Morgan fingerprint density at radius 1 is 0.577 bits per heavy atom. The van der Waals surface area contributed by atoms with Crippen LogP contribution < -0.4 is 9.13 Å². The molecule has 0 amide bonds. The van der Waals surface area contributed by atoms with Crippen LogP contribution in [0.25, 0.3) is 0 Å². The van der Waals surface area contributed by atoms with Crippen LogP contribution in [0.4, 0.5) is 0 Å². The Hall–Kier alpha value is -1.58. The molecular formula is C22H40N4+2. The third kappa shape index (κ3) is 8.20. The maximum Gasteiger partial charge on any atom is 0.243 e. The highest BCUT2D eigenvalue weighted by Gasteiger charge is 2.04. The fourth-order valence-corrected chi connectivity index (χ4v) is 3.38. The van der Waals surface area contributed by atoms with Crippen LogP contribution in [-0.2, 0) is 26.2 Å². The van der Waals surface area contributed by atoms with Gasteiger partial charge in [0.05, 0.1) is 26.2 Å². The van der Waals surface area contributed by atoms with E-state index in [4.69, 9.17) is 0 Å². The van der Waals surface area contributed by atoms with Crippen LogP contribution in [0.5, 0.6) is 0 Å². The molecule has 0 atom stereocenters. The second-order valence-electron chi connectivity index (χ2n) is 7.61. The van der Waals surface area contributed by atoms with Crippen molar-refractivity contribution in [1.82, 2.24) is 9.13 Å². The first-order valence-electron chi connectivity index (χ1n) is 10.9. The van der Waals surface area contributed by atoms with Gasteiger partial charge in [-0.05, 0) is 38.5 Å². The van der Waals surface area contributed by atoms with Gasteiger partial charge in [-0.2, -0.15) is 0 Å². The molecule has 0 aliphatic carbocycles. The number of aryl methyl sites for hydroxylation is 4. The lowest BCUT2D eigenvalue weighted by Gasteiger charge is -2.00. The van der Waals surface area contributed by atoms with E-state index in [1.165, 1.54) is 77.3 Å². The Balaban J connectivity index is 1.45. The molecule has 0 unspecified atom stereocenters. The Morgan fingerprint density at radius 3 is 1.42 bits per heavy atom. The normalized spacial score (nSPS) is 11.3. The van der Waals surface area contributed by atoms with Crippen molar-refractivity contribution in [2.75, 3.05) is 0 Å². The molecule has 146 valence electrons. The molecule has 4 nitrogen and oxygen atoms in total. The molecule has 0 saturated carbocycles. The van der Waals surface area contributed by atoms with Gasteiger partial charge in [-0.1, -0.05) is 39.5 Å². The van der Waals surface area contributed by atoms with Crippen LogP contribution >= 0.6 is 0 Å². The molecule has 0 N–H and O–H groups in total. The molecule has 0 fully saturated rings. The maximum absolute atomic E-state index is 2.34. The molecule has 0 spiro atoms. The molecular weight excluding hydrogens is 320 g/mol. The van der Waals surface area contributed by atoms with Crippen molar-refractivity contribution in [3.63, 3.8) is 0 Å². The Kier molecular flexibility index (Phi) is 10.1. The molecule has 0 aliphatic heterocycles. The predicted molar refractivity (Wildman–Crippen MR) is 107 cm³/mol. The summed E-state index contributed by atoms with van der Waals surface area (Å²) in [6.07, 6.45) is 26.5. The predicted octanol–water partition coefficient (Wildman–Crippen LogP) is 4.51. The average Bonchev–Trinajstić information content (AvgIpc) is 3.29. The monoisotopic (exact) mass is 360 g/mol. The lowest BCUT2D eigenvalue weighted by molar-refractivity contribution is -0.697. The number of unbranched alkanes of at least 4 members (excludes halogenated alkanes) is 7. The van der Waals surface area contributed by atoms with Crippen molar-refractivity contribution in [2.45, 2.75) is 104 Å². The van der Waals surface area contributed by atoms with E-state index in [2.05, 4.69) is 69.6 Å². The number of nitrogens with zero attached hydrogens (tertiary/aromatic N) is 4. The zero-order valence-corrected chi connectivity index (χ0v) is 17.2. The van der Waals surface area contributed by atoms with Crippen molar-refractivity contribution in [1.29, 1.82) is 0 Å². The average molecular weight is 361 g/mol. The van der Waals surface area contributed by atoms with Crippen molar-refractivity contribution in [2.24, 2.45) is 0 Å². The molecule has 0 aromatic carbocycles. The second-order valence-corrected chi connectivity index (χ2v) is 7.61. The number of aromatic nitrogens is 4. The van der Waals surface area contributed by atoms with Gasteiger partial charge >= 0.3 is 0 Å². The minimum atomic E-state index is 1.16. The SMILES string of the molecule is CCCC[n+]1ccn(CCCCCCCCn2cc[n+](CCCC)c2)c1. The molecule has 4 heteroatoms. The van der Waals surface area contributed by atoms with E-state index in [1.54, 1.807) is 0 Å². The van der Waals surface area contributed by atoms with Gasteiger partial charge in [-0.3, -0.25) is 0 Å². The van der Waals surface area contributed by atoms with Crippen molar-refractivity contribution in [3.05, 3.63) is 37.4 Å². The zero-order chi connectivity index (χ0) is 18.5. The summed E-state index contributed by atoms with van der Waals surface area (Å²) in [4.78, 5) is 0. The van der Waals surface area contributed by atoms with E-state index in [0.717, 1.165) is 13.1 Å². The minimum Gasteiger partial charge on any atom is -0.237 e. The van der Waals surface area contributed by atoms with Gasteiger partial charge in [-0.15, -0.1) is 0 Å². The van der Waals surface area contributed by atoms with E-state index in [-0.39, 0.29) is 0 Å². The topological polar surface area (TPSA) is 17.6 Å². The summed E-state index contributed by atoms with van der Waals surface area (Å²) in [6, 6.07) is 0. The van der Waals surface area contributed by atoms with Crippen LogP contribution in [0.15, 0.2) is 37.4 Å². The standard InChI is InChI=1S/C22H40N4/c1-3-5-13-23-17-19-25(21-23)15-11-9-7-8-10-12-16-26-20-18-24(22-26)14-6-4-2/h17-22H,3-16H2,1-2H3/q+2. The third-order valence-corrected chi connectivity index (χ3v) is 5.11. The molecule has 0 aliphatic rings. The highest BCUT2D eigenvalue weighted by Crippen LogP contribution is 2.07. The minimum absolute atomic E-state index is 1.16. The molecule has 2 heterocycles. The number of rotatable bonds is 15. The first-order chi connectivity index (χ1) is 12.8. The van der Waals surface area contributed by atoms with Crippen molar-refractivity contribution in [3.8, 4) is 0 Å². The summed E-state index contributed by atoms with van der Waals surface area (Å²) in [5.41, 5.74) is 0. The number of imidazole rings is 2. The Labute approximate surface area is 160 Å². The maximum atomic E-state index is 2.34. The molecule has 0 radical (unpaired) electrons. The zero-order valence-electron chi connectivity index (χ0n) is 17.2. The van der Waals surface area contributed by atoms with E-state index < -0.39 is 0 Å². The van der Waals surface area contributed by atoms with Crippen molar-refractivity contribution < 1.29 is 9.13 Å². The summed E-state index contributed by atoms with van der Waals surface area (Å²) in [7, 11) is 0. The Morgan fingerprint density at radius 2 is 1.00 bits per heavy atom. The summed E-state index contributed by atoms with van der Waals surface area (Å²) in [6.45, 7) is 9.15. The first kappa shape index (κ1) is 20.7. The molecule has 2 aromatic rings. The van der Waals surface area contributed by atoms with Gasteiger partial charge < -0.3 is 0 Å². The molecule has 26 heavy (non-hydrogen) atoms. The van der Waals surface area contributed by atoms with Gasteiger partial charge in [-0.25, -0.2) is 18.3 Å². The van der Waals surface area contributed by atoms with E-state index in [9.17, 15) is 0 Å². The molecule has 2 rings (SSSR count). The largest absolute Gasteiger partial charge is 0.243 e. The fourth-order valence-electron chi connectivity index (χ4n) is 3.38. The van der Waals surface area contributed by atoms with Crippen LogP contribution in [0.1, 0.15) is 78.1 Å². The Bertz CT molecular complexity index is 532. The fraction of sp³-hybridized carbons (Fsp3) is 0.727. The van der Waals surface area contributed by atoms with Gasteiger partial charge in [0, 0.05) is 0 Å². The van der Waals surface area contributed by atoms with Gasteiger partial charge in [0.15, 0.2) is 0 Å². The number of hydrogen-bond donors (Lipinski definition) is 0. The second kappa shape index (κ2) is 12.7. The number of hydrogen-bond acceptors (Lipinski definition) is 0. The molecule has 0 bridgehead atoms. The highest BCUT2D eigenvalue weighted by atomic mass is 15.1. The molecule has 2 aromatic heterocycles. The van der Waals surface area contributed by atoms with Crippen LogP contribution in [-0.4, -0.2) is 9.13 Å². The highest BCUT2D eigenvalue weighted by molar-refractivity contribution is 4.67. The van der Waals surface area contributed by atoms with Crippen molar-refractivity contribution >= 4 is 0 Å². The van der Waals surface area contributed by atoms with Crippen LogP contribution in [0, 0.1) is 0 Å². The molecule has 0 saturated heterocycles. The first-order valence-corrected chi connectivity index (χ1v) is 10.9. The summed E-state index contributed by atoms with van der Waals surface area (Å²) in [5, 5.41) is 0. The lowest BCUT2D eigenvalue weighted by atomic mass is 10.1. The van der Waals surface area contributed by atoms with E-state index in [0.29, 0.717) is 0 Å². The van der Waals surface area contributed by atoms with Gasteiger partial charge in [0.25, 0.3) is 0 Å². The summed E-state index contributed by atoms with van der Waals surface area (Å²) >= 11 is 0. The van der Waals surface area contributed by atoms with Gasteiger partial charge in [0.1, 0.15) is 24.8 Å². The van der Waals surface area contributed by atoms with Crippen LogP contribution in [0.2, 0.25) is 0 Å². The lowest BCUT2D eigenvalue weighted by Crippen LogP contribution is -2.30. The smallest absolute Gasteiger partial charge is 0.237 e. The van der Waals surface area contributed by atoms with Crippen LogP contribution in [0.3, 0.4) is 0 Å². The quantitative estimate of drug-likeness (QED) is 0.329. The third-order valence-electron chi connectivity index (χ3n) is 5.11. The van der Waals surface area contributed by atoms with E-state index >= 15 is 0 Å². The summed E-state index contributed by atoms with van der Waals surface area (Å²) in [5.74, 6) is 0. The van der Waals surface area contributed by atoms with Gasteiger partial charge in [0.2, 0.25) is 12.7 Å².